The van der Waals surface area contributed by atoms with E-state index >= 15 is 0 Å². The smallest absolute Gasteiger partial charge is 0.158 e. The van der Waals surface area contributed by atoms with Crippen molar-refractivity contribution in [2.75, 3.05) is 6.54 Å². The van der Waals surface area contributed by atoms with Gasteiger partial charge in [-0.3, -0.25) is 0 Å². The minimum atomic E-state index is -0.736. The highest BCUT2D eigenvalue weighted by molar-refractivity contribution is 6.41. The second-order valence-corrected chi connectivity index (χ2v) is 11.0. The van der Waals surface area contributed by atoms with Gasteiger partial charge in [0.15, 0.2) is 7.28 Å². The van der Waals surface area contributed by atoms with Gasteiger partial charge < -0.3 is 10.8 Å². The van der Waals surface area contributed by atoms with Crippen LogP contribution in [0.2, 0.25) is 5.82 Å². The van der Waals surface area contributed by atoms with Crippen molar-refractivity contribution in [2.24, 2.45) is 34.8 Å². The molecule has 3 aliphatic rings. The lowest BCUT2D eigenvalue weighted by Gasteiger charge is -2.49. The zero-order valence-corrected chi connectivity index (χ0v) is 19.1. The molecule has 3 aliphatic carbocycles. The first kappa shape index (κ1) is 22.7. The Morgan fingerprint density at radius 2 is 1.29 bits per heavy atom. The number of fused-ring (bicyclic) bond motifs is 3. The zero-order chi connectivity index (χ0) is 20.2. The highest BCUT2D eigenvalue weighted by atomic mass is 16.3. The molecule has 0 amide bonds. The van der Waals surface area contributed by atoms with E-state index in [1.807, 2.05) is 13.8 Å². The van der Waals surface area contributed by atoms with Gasteiger partial charge in [-0.25, -0.2) is 0 Å². The van der Waals surface area contributed by atoms with Gasteiger partial charge in [0.1, 0.15) is 0 Å². The zero-order valence-electron chi connectivity index (χ0n) is 19.1. The first-order valence-corrected chi connectivity index (χ1v) is 12.7. The van der Waals surface area contributed by atoms with E-state index in [1.165, 1.54) is 89.9 Å². The van der Waals surface area contributed by atoms with Crippen LogP contribution in [0.15, 0.2) is 0 Å². The summed E-state index contributed by atoms with van der Waals surface area (Å²) in [5.74, 6) is 3.80. The molecule has 0 aliphatic heterocycles. The Labute approximate surface area is 176 Å². The van der Waals surface area contributed by atoms with Gasteiger partial charge in [0, 0.05) is 5.50 Å². The van der Waals surface area contributed by atoms with E-state index in [0.29, 0.717) is 17.8 Å². The molecule has 3 fully saturated rings. The maximum Gasteiger partial charge on any atom is 0.158 e. The van der Waals surface area contributed by atoms with Crippen LogP contribution in [-0.2, 0) is 0 Å². The van der Waals surface area contributed by atoms with Crippen LogP contribution < -0.4 is 5.73 Å². The van der Waals surface area contributed by atoms with Gasteiger partial charge in [-0.2, -0.15) is 0 Å². The predicted octanol–water partition coefficient (Wildman–Crippen LogP) is 6.14. The summed E-state index contributed by atoms with van der Waals surface area (Å²) in [5.41, 5.74) is 6.07. The third kappa shape index (κ3) is 4.66. The van der Waals surface area contributed by atoms with Crippen molar-refractivity contribution in [3.8, 4) is 0 Å². The summed E-state index contributed by atoms with van der Waals surface area (Å²) in [6, 6.07) is 0. The molecule has 0 heterocycles. The van der Waals surface area contributed by atoms with Crippen molar-refractivity contribution in [1.82, 2.24) is 0 Å². The van der Waals surface area contributed by atoms with Crippen LogP contribution in [0.25, 0.3) is 0 Å². The number of hydrogen-bond donors (Lipinski definition) is 2. The number of aliphatic hydroxyl groups is 1. The van der Waals surface area contributed by atoms with Gasteiger partial charge >= 0.3 is 0 Å². The molecule has 161 valence electrons. The molecule has 3 saturated carbocycles. The maximum atomic E-state index is 10.7. The Kier molecular flexibility index (Phi) is 7.98. The number of rotatable bonds is 5. The number of nitrogens with two attached hydrogens (primary N) is 1. The Hall–Kier alpha value is -0.0151. The third-order valence-corrected chi connectivity index (χ3v) is 8.99. The van der Waals surface area contributed by atoms with E-state index in [-0.39, 0.29) is 0 Å². The van der Waals surface area contributed by atoms with E-state index in [1.54, 1.807) is 0 Å². The van der Waals surface area contributed by atoms with Crippen LogP contribution in [0.5, 0.6) is 0 Å². The summed E-state index contributed by atoms with van der Waals surface area (Å²) in [7, 11) is 2.25. The summed E-state index contributed by atoms with van der Waals surface area (Å²) >= 11 is 0. The monoisotopic (exact) mass is 388 g/mol. The maximum absolute atomic E-state index is 10.7. The Morgan fingerprint density at radius 3 is 1.68 bits per heavy atom. The molecule has 0 bridgehead atoms. The molecule has 1 radical (unpaired) electrons. The third-order valence-electron chi connectivity index (χ3n) is 8.99. The number of hydrogen-bond acceptors (Lipinski definition) is 2. The summed E-state index contributed by atoms with van der Waals surface area (Å²) in [4.78, 5) is 0. The lowest BCUT2D eigenvalue weighted by atomic mass is 9.41. The molecule has 3 N–H and O–H groups in total. The largest absolute Gasteiger partial charge is 0.400 e. The molecule has 0 aromatic rings. The van der Waals surface area contributed by atoms with Gasteiger partial charge in [0.2, 0.25) is 0 Å². The molecule has 0 aromatic heterocycles. The second-order valence-electron chi connectivity index (χ2n) is 11.0. The minimum absolute atomic E-state index is 0.311. The lowest BCUT2D eigenvalue weighted by molar-refractivity contribution is 0.0702. The van der Waals surface area contributed by atoms with Crippen molar-refractivity contribution in [2.45, 2.75) is 122 Å². The van der Waals surface area contributed by atoms with Gasteiger partial charge in [-0.05, 0) is 81.0 Å². The van der Waals surface area contributed by atoms with E-state index < -0.39 is 5.50 Å². The molecular weight excluding hydrogens is 341 g/mol. The van der Waals surface area contributed by atoms with Crippen LogP contribution in [-0.4, -0.2) is 24.4 Å². The Bertz CT molecular complexity index is 476. The van der Waals surface area contributed by atoms with Crippen LogP contribution in [0.4, 0.5) is 0 Å². The molecule has 0 spiro atoms. The molecule has 0 saturated heterocycles. The normalized spacial score (nSPS) is 38.8. The standard InChI is InChI=1S/C25H47BNO/c1-4-25(23(18-27)26-24(2,3)28)21-16-12-7-5-6-10-14-19(21)20-15-11-8-9-13-17-22(20)25/h19-23,28H,4-18,27H2,1-3H3. The molecule has 6 unspecified atom stereocenters. The lowest BCUT2D eigenvalue weighted by Crippen LogP contribution is -2.48. The van der Waals surface area contributed by atoms with Crippen molar-refractivity contribution >= 4 is 7.28 Å². The fraction of sp³-hybridized carbons (Fsp3) is 1.00. The average molecular weight is 388 g/mol. The van der Waals surface area contributed by atoms with Crippen LogP contribution in [0.1, 0.15) is 111 Å². The highest BCUT2D eigenvalue weighted by Crippen LogP contribution is 2.67. The predicted molar refractivity (Wildman–Crippen MR) is 122 cm³/mol. The topological polar surface area (TPSA) is 46.2 Å². The molecule has 3 rings (SSSR count). The van der Waals surface area contributed by atoms with Gasteiger partial charge in [0.05, 0.1) is 0 Å². The minimum Gasteiger partial charge on any atom is -0.400 e. The van der Waals surface area contributed by atoms with E-state index in [9.17, 15) is 5.11 Å². The van der Waals surface area contributed by atoms with Crippen molar-refractivity contribution in [3.63, 3.8) is 0 Å². The van der Waals surface area contributed by atoms with Gasteiger partial charge in [-0.1, -0.05) is 71.1 Å². The van der Waals surface area contributed by atoms with Crippen molar-refractivity contribution in [3.05, 3.63) is 0 Å². The summed E-state index contributed by atoms with van der Waals surface area (Å²) in [5, 5.41) is 10.7. The Morgan fingerprint density at radius 1 is 0.857 bits per heavy atom. The second kappa shape index (κ2) is 9.86. The van der Waals surface area contributed by atoms with Crippen molar-refractivity contribution < 1.29 is 5.11 Å². The molecule has 2 nitrogen and oxygen atoms in total. The molecular formula is C25H47BNO. The highest BCUT2D eigenvalue weighted by Gasteiger charge is 2.60. The average Bonchev–Trinajstić information content (AvgIpc) is 2.92. The summed E-state index contributed by atoms with van der Waals surface area (Å²) in [6.45, 7) is 7.05. The van der Waals surface area contributed by atoms with Crippen molar-refractivity contribution in [1.29, 1.82) is 0 Å². The molecule has 6 atom stereocenters. The molecule has 3 heteroatoms. The van der Waals surface area contributed by atoms with Gasteiger partial charge in [0.25, 0.3) is 0 Å². The van der Waals surface area contributed by atoms with E-state index in [0.717, 1.165) is 23.7 Å². The van der Waals surface area contributed by atoms with E-state index in [2.05, 4.69) is 14.2 Å². The van der Waals surface area contributed by atoms with Crippen LogP contribution in [0.3, 0.4) is 0 Å². The fourth-order valence-electron chi connectivity index (χ4n) is 8.11. The Balaban J connectivity index is 2.02. The van der Waals surface area contributed by atoms with Crippen LogP contribution in [0, 0.1) is 29.1 Å². The van der Waals surface area contributed by atoms with E-state index in [4.69, 9.17) is 5.73 Å². The fourth-order valence-corrected chi connectivity index (χ4v) is 8.11. The van der Waals surface area contributed by atoms with Gasteiger partial charge in [-0.15, -0.1) is 0 Å². The summed E-state index contributed by atoms with van der Waals surface area (Å²) < 4.78 is 0. The molecule has 0 aromatic carbocycles. The quantitative estimate of drug-likeness (QED) is 0.556. The van der Waals surface area contributed by atoms with Crippen LogP contribution >= 0.6 is 0 Å². The summed E-state index contributed by atoms with van der Waals surface area (Å²) in [6.07, 6.45) is 19.8. The first-order chi connectivity index (χ1) is 13.4. The first-order valence-electron chi connectivity index (χ1n) is 12.7. The SMILES string of the molecule is CCC1(C([B]C(C)(C)O)CN)C2CCCCCCCC2C2CCCCCCC21. The molecule has 28 heavy (non-hydrogen) atoms.